The first-order valence-electron chi connectivity index (χ1n) is 6.98. The highest BCUT2D eigenvalue weighted by Gasteiger charge is 2.43. The Kier molecular flexibility index (Phi) is 4.03. The zero-order valence-electron chi connectivity index (χ0n) is 11.8. The van der Waals surface area contributed by atoms with Gasteiger partial charge < -0.3 is 19.6 Å². The summed E-state index contributed by atoms with van der Waals surface area (Å²) in [5.41, 5.74) is 2.03. The van der Waals surface area contributed by atoms with E-state index in [-0.39, 0.29) is 6.04 Å². The minimum Gasteiger partial charge on any atom is -0.465 e. The van der Waals surface area contributed by atoms with E-state index in [1.165, 1.54) is 0 Å². The molecule has 1 aromatic rings. The van der Waals surface area contributed by atoms with Crippen LogP contribution in [0.2, 0.25) is 0 Å². The Balaban J connectivity index is 1.77. The van der Waals surface area contributed by atoms with Crippen LogP contribution < -0.4 is 4.90 Å². The van der Waals surface area contributed by atoms with E-state index in [1.54, 1.807) is 12.0 Å². The molecule has 0 saturated carbocycles. The number of hydrogen-bond donors (Lipinski definition) is 1. The van der Waals surface area contributed by atoms with E-state index in [0.29, 0.717) is 19.1 Å². The minimum atomic E-state index is -0.807. The van der Waals surface area contributed by atoms with Gasteiger partial charge in [-0.3, -0.25) is 0 Å². The van der Waals surface area contributed by atoms with Gasteiger partial charge in [0.15, 0.2) is 0 Å². The highest BCUT2D eigenvalue weighted by molar-refractivity contribution is 9.10. The number of amides is 1. The summed E-state index contributed by atoms with van der Waals surface area (Å²) in [7, 11) is 1.66. The molecule has 2 saturated heterocycles. The topological polar surface area (TPSA) is 65.9 Å². The van der Waals surface area contributed by atoms with Gasteiger partial charge in [0, 0.05) is 38.2 Å². The molecule has 1 amide bonds. The fourth-order valence-corrected chi connectivity index (χ4v) is 3.65. The number of likely N-dealkylation sites (tertiary alicyclic amines) is 1. The molecule has 3 rings (SSSR count). The number of methoxy groups -OCH3 is 1. The number of fused-ring (bicyclic) bond motifs is 1. The fourth-order valence-electron chi connectivity index (χ4n) is 3.32. The summed E-state index contributed by atoms with van der Waals surface area (Å²) in [5, 5.41) is 9.24. The van der Waals surface area contributed by atoms with Crippen LogP contribution in [-0.2, 0) is 11.3 Å². The number of carbonyl (C=O) groups is 1. The lowest BCUT2D eigenvalue weighted by atomic mass is 10.1. The summed E-state index contributed by atoms with van der Waals surface area (Å²) < 4.78 is 5.97. The summed E-state index contributed by atoms with van der Waals surface area (Å²) in [4.78, 5) is 19.4. The number of ether oxygens (including phenoxy) is 1. The Labute approximate surface area is 131 Å². The zero-order chi connectivity index (χ0) is 15.0. The number of rotatable bonds is 3. The molecule has 6 nitrogen and oxygen atoms in total. The molecule has 1 aromatic heterocycles. The van der Waals surface area contributed by atoms with Crippen LogP contribution in [0.15, 0.2) is 16.9 Å². The first kappa shape index (κ1) is 14.6. The van der Waals surface area contributed by atoms with Gasteiger partial charge in [-0.15, -0.1) is 0 Å². The molecule has 0 aromatic carbocycles. The van der Waals surface area contributed by atoms with Crippen LogP contribution in [0.25, 0.3) is 0 Å². The second kappa shape index (κ2) is 5.81. The van der Waals surface area contributed by atoms with Crippen LogP contribution in [0, 0.1) is 5.92 Å². The van der Waals surface area contributed by atoms with Crippen LogP contribution >= 0.6 is 15.9 Å². The maximum absolute atomic E-state index is 11.2. The monoisotopic (exact) mass is 355 g/mol. The maximum Gasteiger partial charge on any atom is 0.407 e. The molecule has 0 bridgehead atoms. The van der Waals surface area contributed by atoms with Crippen LogP contribution in [0.3, 0.4) is 0 Å². The molecule has 0 radical (unpaired) electrons. The van der Waals surface area contributed by atoms with Crippen molar-refractivity contribution in [3.05, 3.63) is 22.4 Å². The van der Waals surface area contributed by atoms with Gasteiger partial charge in [-0.05, 0) is 28.4 Å². The van der Waals surface area contributed by atoms with Crippen molar-refractivity contribution in [2.24, 2.45) is 5.92 Å². The molecule has 0 unspecified atom stereocenters. The molecular formula is C14H18BrN3O3. The van der Waals surface area contributed by atoms with Crippen molar-refractivity contribution in [3.8, 4) is 0 Å². The standard InChI is InChI=1S/C14H18BrN3O3/c1-21-8-10-4-11(5-16-13(10)15)17-6-9-2-3-18(14(19)20)12(9)7-17/h4-5,9,12H,2-3,6-8H2,1H3,(H,19,20)/t9-,12+/m1/s1. The Bertz CT molecular complexity index is 554. The van der Waals surface area contributed by atoms with Crippen molar-refractivity contribution < 1.29 is 14.6 Å². The van der Waals surface area contributed by atoms with Crippen LogP contribution in [0.5, 0.6) is 0 Å². The van der Waals surface area contributed by atoms with E-state index < -0.39 is 6.09 Å². The van der Waals surface area contributed by atoms with Crippen molar-refractivity contribution in [1.29, 1.82) is 0 Å². The fraction of sp³-hybridized carbons (Fsp3) is 0.571. The third kappa shape index (κ3) is 2.72. The summed E-state index contributed by atoms with van der Waals surface area (Å²) in [6.07, 6.45) is 1.97. The highest BCUT2D eigenvalue weighted by Crippen LogP contribution is 2.34. The van der Waals surface area contributed by atoms with Gasteiger partial charge >= 0.3 is 6.09 Å². The molecule has 7 heteroatoms. The smallest absolute Gasteiger partial charge is 0.407 e. The van der Waals surface area contributed by atoms with E-state index in [0.717, 1.165) is 35.4 Å². The molecule has 3 heterocycles. The van der Waals surface area contributed by atoms with Crippen LogP contribution in [0.1, 0.15) is 12.0 Å². The lowest BCUT2D eigenvalue weighted by Crippen LogP contribution is -2.38. The summed E-state index contributed by atoms with van der Waals surface area (Å²) >= 11 is 3.42. The number of hydrogen-bond acceptors (Lipinski definition) is 4. The largest absolute Gasteiger partial charge is 0.465 e. The summed E-state index contributed by atoms with van der Waals surface area (Å²) in [5.74, 6) is 0.427. The normalized spacial score (nSPS) is 24.5. The summed E-state index contributed by atoms with van der Waals surface area (Å²) in [6.45, 7) is 2.80. The first-order chi connectivity index (χ1) is 10.1. The van der Waals surface area contributed by atoms with E-state index in [9.17, 15) is 9.90 Å². The quantitative estimate of drug-likeness (QED) is 0.841. The Hall–Kier alpha value is -1.34. The highest BCUT2D eigenvalue weighted by atomic mass is 79.9. The summed E-state index contributed by atoms with van der Waals surface area (Å²) in [6, 6.07) is 2.17. The molecule has 0 aliphatic carbocycles. The molecule has 2 fully saturated rings. The molecular weight excluding hydrogens is 338 g/mol. The number of halogens is 1. The van der Waals surface area contributed by atoms with E-state index in [4.69, 9.17) is 4.74 Å². The zero-order valence-corrected chi connectivity index (χ0v) is 13.4. The molecule has 21 heavy (non-hydrogen) atoms. The predicted molar refractivity (Wildman–Crippen MR) is 81.5 cm³/mol. The Morgan fingerprint density at radius 2 is 2.38 bits per heavy atom. The van der Waals surface area contributed by atoms with Gasteiger partial charge in [0.1, 0.15) is 4.60 Å². The van der Waals surface area contributed by atoms with E-state index in [1.807, 2.05) is 6.20 Å². The predicted octanol–water partition coefficient (Wildman–Crippen LogP) is 2.18. The van der Waals surface area contributed by atoms with E-state index in [2.05, 4.69) is 31.9 Å². The number of aromatic nitrogens is 1. The van der Waals surface area contributed by atoms with E-state index >= 15 is 0 Å². The van der Waals surface area contributed by atoms with Gasteiger partial charge in [-0.1, -0.05) is 0 Å². The molecule has 2 aliphatic rings. The van der Waals surface area contributed by atoms with Crippen molar-refractivity contribution >= 4 is 27.7 Å². The van der Waals surface area contributed by atoms with Gasteiger partial charge in [-0.25, -0.2) is 9.78 Å². The first-order valence-corrected chi connectivity index (χ1v) is 7.77. The third-order valence-corrected chi connectivity index (χ3v) is 5.07. The second-order valence-corrected chi connectivity index (χ2v) is 6.32. The molecule has 2 atom stereocenters. The van der Waals surface area contributed by atoms with Crippen LogP contribution in [0.4, 0.5) is 10.5 Å². The average molecular weight is 356 g/mol. The Morgan fingerprint density at radius 1 is 1.57 bits per heavy atom. The van der Waals surface area contributed by atoms with Crippen LogP contribution in [-0.4, -0.2) is 53.9 Å². The molecule has 2 aliphatic heterocycles. The average Bonchev–Trinajstić information content (AvgIpc) is 3.00. The van der Waals surface area contributed by atoms with Crippen molar-refractivity contribution in [1.82, 2.24) is 9.88 Å². The molecule has 1 N–H and O–H groups in total. The van der Waals surface area contributed by atoms with Crippen molar-refractivity contribution in [2.45, 2.75) is 19.1 Å². The van der Waals surface area contributed by atoms with Gasteiger partial charge in [-0.2, -0.15) is 0 Å². The van der Waals surface area contributed by atoms with Crippen molar-refractivity contribution in [2.75, 3.05) is 31.6 Å². The lowest BCUT2D eigenvalue weighted by molar-refractivity contribution is 0.140. The second-order valence-electron chi connectivity index (χ2n) is 5.57. The van der Waals surface area contributed by atoms with Gasteiger partial charge in [0.25, 0.3) is 0 Å². The lowest BCUT2D eigenvalue weighted by Gasteiger charge is -2.23. The Morgan fingerprint density at radius 3 is 3.10 bits per heavy atom. The number of anilines is 1. The number of pyridine rings is 1. The third-order valence-electron chi connectivity index (χ3n) is 4.36. The number of carboxylic acid groups (broad SMARTS) is 1. The van der Waals surface area contributed by atoms with Crippen molar-refractivity contribution in [3.63, 3.8) is 0 Å². The minimum absolute atomic E-state index is 0.108. The molecule has 114 valence electrons. The van der Waals surface area contributed by atoms with Gasteiger partial charge in [0.05, 0.1) is 24.5 Å². The SMILES string of the molecule is COCc1cc(N2C[C@H]3CCN(C(=O)O)[C@H]3C2)cnc1Br. The molecule has 0 spiro atoms. The maximum atomic E-state index is 11.2. The van der Waals surface area contributed by atoms with Gasteiger partial charge in [0.2, 0.25) is 0 Å². The number of nitrogens with zero attached hydrogens (tertiary/aromatic N) is 3.